The Kier molecular flexibility index (Phi) is 6.86. The summed E-state index contributed by atoms with van der Waals surface area (Å²) < 4.78 is 1.88. The van der Waals surface area contributed by atoms with Crippen molar-refractivity contribution in [2.24, 2.45) is 7.05 Å². The van der Waals surface area contributed by atoms with Gasteiger partial charge < -0.3 is 9.88 Å². The molecule has 0 radical (unpaired) electrons. The normalized spacial score (nSPS) is 14.7. The van der Waals surface area contributed by atoms with E-state index in [1.165, 1.54) is 18.2 Å². The van der Waals surface area contributed by atoms with E-state index in [0.717, 1.165) is 37.1 Å². The highest BCUT2D eigenvalue weighted by Gasteiger charge is 2.17. The van der Waals surface area contributed by atoms with E-state index in [9.17, 15) is 9.59 Å². The van der Waals surface area contributed by atoms with E-state index in [0.29, 0.717) is 11.6 Å². The highest BCUT2D eigenvalue weighted by Crippen LogP contribution is 2.18. The molecule has 0 spiro atoms. The lowest BCUT2D eigenvalue weighted by Gasteiger charge is -2.22. The van der Waals surface area contributed by atoms with Gasteiger partial charge in [0.1, 0.15) is 5.82 Å². The molecule has 0 unspecified atom stereocenters. The average Bonchev–Trinajstić information content (AvgIpc) is 3.01. The lowest BCUT2D eigenvalue weighted by Crippen LogP contribution is -2.45. The number of urea groups is 1. The third kappa shape index (κ3) is 5.82. The molecule has 1 aliphatic rings. The summed E-state index contributed by atoms with van der Waals surface area (Å²) in [5, 5.41) is 14.3. The van der Waals surface area contributed by atoms with Crippen LogP contribution >= 0.6 is 11.8 Å². The smallest absolute Gasteiger partial charge is 0.321 e. The first-order chi connectivity index (χ1) is 13.1. The van der Waals surface area contributed by atoms with E-state index in [1.54, 1.807) is 0 Å². The molecule has 1 saturated carbocycles. The molecule has 1 aliphatic carbocycles. The number of nitrogens with zero attached hydrogens (tertiary/aromatic N) is 3. The summed E-state index contributed by atoms with van der Waals surface area (Å²) >= 11 is 1.27. The van der Waals surface area contributed by atoms with Gasteiger partial charge in [0.15, 0.2) is 5.16 Å². The molecule has 0 atom stereocenters. The van der Waals surface area contributed by atoms with Crippen molar-refractivity contribution in [3.05, 3.63) is 41.7 Å². The quantitative estimate of drug-likeness (QED) is 0.744. The monoisotopic (exact) mass is 387 g/mol. The van der Waals surface area contributed by atoms with Gasteiger partial charge in [0.05, 0.1) is 5.75 Å². The topological polar surface area (TPSA) is 88.9 Å². The maximum atomic E-state index is 12.0. The minimum atomic E-state index is -0.407. The van der Waals surface area contributed by atoms with Crippen LogP contribution in [0.3, 0.4) is 0 Å². The van der Waals surface area contributed by atoms with E-state index < -0.39 is 6.03 Å². The Morgan fingerprint density at radius 3 is 2.63 bits per heavy atom. The van der Waals surface area contributed by atoms with E-state index >= 15 is 0 Å². The van der Waals surface area contributed by atoms with E-state index in [4.69, 9.17) is 0 Å². The molecular formula is C19H25N5O2S. The number of benzene rings is 1. The van der Waals surface area contributed by atoms with E-state index in [1.807, 2.05) is 41.9 Å². The molecule has 1 aromatic carbocycles. The molecule has 8 heteroatoms. The van der Waals surface area contributed by atoms with Gasteiger partial charge in [-0.05, 0) is 18.4 Å². The summed E-state index contributed by atoms with van der Waals surface area (Å²) in [6, 6.07) is 9.81. The number of hydrogen-bond acceptors (Lipinski definition) is 5. The first kappa shape index (κ1) is 19.4. The Hall–Kier alpha value is -2.35. The lowest BCUT2D eigenvalue weighted by atomic mass is 9.96. The minimum absolute atomic E-state index is 0.120. The zero-order valence-corrected chi connectivity index (χ0v) is 16.3. The molecule has 3 amide bonds. The average molecular weight is 388 g/mol. The molecular weight excluding hydrogens is 362 g/mol. The minimum Gasteiger partial charge on any atom is -0.335 e. The highest BCUT2D eigenvalue weighted by molar-refractivity contribution is 7.99. The number of carbonyl (C=O) groups excluding carboxylic acids is 2. The van der Waals surface area contributed by atoms with Gasteiger partial charge in [0.2, 0.25) is 5.91 Å². The molecule has 7 nitrogen and oxygen atoms in total. The molecule has 27 heavy (non-hydrogen) atoms. The van der Waals surface area contributed by atoms with E-state index in [-0.39, 0.29) is 17.7 Å². The third-order valence-corrected chi connectivity index (χ3v) is 5.68. The number of rotatable bonds is 6. The number of hydrogen-bond donors (Lipinski definition) is 2. The number of nitrogens with one attached hydrogen (secondary N) is 2. The van der Waals surface area contributed by atoms with Crippen LogP contribution in [0.15, 0.2) is 35.5 Å². The van der Waals surface area contributed by atoms with Crippen molar-refractivity contribution in [2.75, 3.05) is 5.75 Å². The fourth-order valence-corrected chi connectivity index (χ4v) is 3.89. The number of amides is 3. The van der Waals surface area contributed by atoms with Crippen LogP contribution < -0.4 is 10.6 Å². The molecule has 0 saturated heterocycles. The van der Waals surface area contributed by atoms with Gasteiger partial charge in [-0.2, -0.15) is 0 Å². The Labute approximate surface area is 163 Å². The molecule has 1 fully saturated rings. The molecule has 144 valence electrons. The summed E-state index contributed by atoms with van der Waals surface area (Å²) in [6.45, 7) is 0. The molecule has 3 rings (SSSR count). The van der Waals surface area contributed by atoms with Gasteiger partial charge in [0, 0.05) is 19.5 Å². The zero-order valence-electron chi connectivity index (χ0n) is 15.5. The van der Waals surface area contributed by atoms with Crippen LogP contribution in [0.1, 0.15) is 43.5 Å². The first-order valence-electron chi connectivity index (χ1n) is 9.27. The fraction of sp³-hybridized carbons (Fsp3) is 0.474. The lowest BCUT2D eigenvalue weighted by molar-refractivity contribution is -0.117. The summed E-state index contributed by atoms with van der Waals surface area (Å²) in [5.74, 6) is 0.620. The second kappa shape index (κ2) is 9.55. The van der Waals surface area contributed by atoms with Crippen LogP contribution in [0.2, 0.25) is 0 Å². The molecule has 1 aromatic heterocycles. The maximum Gasteiger partial charge on any atom is 0.321 e. The van der Waals surface area contributed by atoms with Gasteiger partial charge in [-0.25, -0.2) is 4.79 Å². The first-order valence-corrected chi connectivity index (χ1v) is 10.3. The predicted octanol–water partition coefficient (Wildman–Crippen LogP) is 2.66. The van der Waals surface area contributed by atoms with Crippen LogP contribution in [0, 0.1) is 0 Å². The molecule has 0 aliphatic heterocycles. The van der Waals surface area contributed by atoms with E-state index in [2.05, 4.69) is 20.8 Å². The predicted molar refractivity (Wildman–Crippen MR) is 105 cm³/mol. The number of imide groups is 1. The second-order valence-electron chi connectivity index (χ2n) is 6.77. The Morgan fingerprint density at radius 2 is 1.89 bits per heavy atom. The van der Waals surface area contributed by atoms with Gasteiger partial charge in [-0.15, -0.1) is 10.2 Å². The maximum absolute atomic E-state index is 12.0. The summed E-state index contributed by atoms with van der Waals surface area (Å²) in [7, 11) is 1.88. The molecule has 2 N–H and O–H groups in total. The zero-order chi connectivity index (χ0) is 19.1. The SMILES string of the molecule is Cn1c(Cc2ccccc2)nnc1SCC(=O)NC(=O)NC1CCCCC1. The Morgan fingerprint density at radius 1 is 1.15 bits per heavy atom. The van der Waals surface area contributed by atoms with Crippen molar-refractivity contribution in [1.82, 2.24) is 25.4 Å². The van der Waals surface area contributed by atoms with Gasteiger partial charge in [-0.3, -0.25) is 10.1 Å². The van der Waals surface area contributed by atoms with Crippen molar-refractivity contribution in [2.45, 2.75) is 49.7 Å². The number of thioether (sulfide) groups is 1. The van der Waals surface area contributed by atoms with Gasteiger partial charge in [-0.1, -0.05) is 61.4 Å². The van der Waals surface area contributed by atoms with Crippen molar-refractivity contribution in [1.29, 1.82) is 0 Å². The van der Waals surface area contributed by atoms with Gasteiger partial charge in [0.25, 0.3) is 0 Å². The largest absolute Gasteiger partial charge is 0.335 e. The van der Waals surface area contributed by atoms with Crippen LogP contribution in [0.25, 0.3) is 0 Å². The van der Waals surface area contributed by atoms with Crippen LogP contribution in [-0.4, -0.2) is 38.5 Å². The summed E-state index contributed by atoms with van der Waals surface area (Å²) in [4.78, 5) is 23.9. The Balaban J connectivity index is 1.45. The summed E-state index contributed by atoms with van der Waals surface area (Å²) in [6.07, 6.45) is 6.14. The summed E-state index contributed by atoms with van der Waals surface area (Å²) in [5.41, 5.74) is 1.15. The third-order valence-electron chi connectivity index (χ3n) is 4.66. The fourth-order valence-electron chi connectivity index (χ4n) is 3.16. The van der Waals surface area contributed by atoms with Crippen molar-refractivity contribution < 1.29 is 9.59 Å². The molecule has 2 aromatic rings. The van der Waals surface area contributed by atoms with Crippen LogP contribution in [0.5, 0.6) is 0 Å². The Bertz CT molecular complexity index is 772. The van der Waals surface area contributed by atoms with Crippen molar-refractivity contribution >= 4 is 23.7 Å². The second-order valence-corrected chi connectivity index (χ2v) is 7.71. The molecule has 0 bridgehead atoms. The number of aromatic nitrogens is 3. The molecule has 1 heterocycles. The number of carbonyl (C=O) groups is 2. The van der Waals surface area contributed by atoms with Crippen LogP contribution in [-0.2, 0) is 18.3 Å². The van der Waals surface area contributed by atoms with Crippen LogP contribution in [0.4, 0.5) is 4.79 Å². The van der Waals surface area contributed by atoms with Gasteiger partial charge >= 0.3 is 6.03 Å². The highest BCUT2D eigenvalue weighted by atomic mass is 32.2. The standard InChI is InChI=1S/C19H25N5O2S/c1-24-16(12-14-8-4-2-5-9-14)22-23-19(24)27-13-17(25)21-18(26)20-15-10-6-3-7-11-15/h2,4-5,8-9,15H,3,6-7,10-13H2,1H3,(H2,20,21,25,26). The van der Waals surface area contributed by atoms with Crippen molar-refractivity contribution in [3.63, 3.8) is 0 Å². The van der Waals surface area contributed by atoms with Crippen molar-refractivity contribution in [3.8, 4) is 0 Å².